The Balaban J connectivity index is 3.04. The Kier molecular flexibility index (Phi) is 8.18. The number of aliphatic hydroxyl groups excluding tert-OH is 1. The minimum Gasteiger partial charge on any atom is -0.395 e. The Morgan fingerprint density at radius 3 is 2.70 bits per heavy atom. The summed E-state index contributed by atoms with van der Waals surface area (Å²) in [7, 11) is 0.0413. The van der Waals surface area contributed by atoms with E-state index in [1.165, 1.54) is 0 Å². The monoisotopic (exact) mass is 347 g/mol. The van der Waals surface area contributed by atoms with Gasteiger partial charge in [-0.05, 0) is 19.4 Å². The Bertz CT molecular complexity index is 569. The molecule has 0 bridgehead atoms. The normalized spacial score (nSPS) is 12.5. The van der Waals surface area contributed by atoms with Crippen LogP contribution in [0.1, 0.15) is 26.0 Å². The van der Waals surface area contributed by atoms with Crippen LogP contribution in [0, 0.1) is 5.92 Å². The number of methoxy groups -OCH3 is 1. The Labute approximate surface area is 139 Å². The van der Waals surface area contributed by atoms with Gasteiger partial charge < -0.3 is 14.4 Å². The average molecular weight is 347 g/mol. The molecule has 0 aliphatic heterocycles. The third-order valence-corrected chi connectivity index (χ3v) is 5.23. The molecule has 0 radical (unpaired) electrons. The Morgan fingerprint density at radius 2 is 2.13 bits per heavy atom. The smallest absolute Gasteiger partial charge is 0.227 e. The van der Waals surface area contributed by atoms with Crippen molar-refractivity contribution in [3.05, 3.63) is 11.9 Å². The highest BCUT2D eigenvalue weighted by Gasteiger charge is 2.23. The third kappa shape index (κ3) is 6.21. The second kappa shape index (κ2) is 9.36. The molecular formula is C15H29N3O4S. The molecule has 134 valence electrons. The van der Waals surface area contributed by atoms with Gasteiger partial charge in [0.25, 0.3) is 0 Å². The van der Waals surface area contributed by atoms with E-state index < -0.39 is 9.84 Å². The van der Waals surface area contributed by atoms with E-state index in [1.807, 2.05) is 25.8 Å². The van der Waals surface area contributed by atoms with Crippen molar-refractivity contribution in [3.63, 3.8) is 0 Å². The van der Waals surface area contributed by atoms with Gasteiger partial charge >= 0.3 is 0 Å². The highest BCUT2D eigenvalue weighted by Crippen LogP contribution is 2.17. The first kappa shape index (κ1) is 20.1. The molecule has 8 heteroatoms. The number of likely N-dealkylation sites (N-methyl/N-ethyl adjacent to an activating group) is 1. The number of hydrogen-bond donors (Lipinski definition) is 1. The molecule has 1 heterocycles. The van der Waals surface area contributed by atoms with Crippen LogP contribution in [0.2, 0.25) is 0 Å². The first-order valence-corrected chi connectivity index (χ1v) is 9.52. The summed E-state index contributed by atoms with van der Waals surface area (Å²) in [5.41, 5.74) is 0.807. The van der Waals surface area contributed by atoms with Gasteiger partial charge in [-0.1, -0.05) is 13.8 Å². The van der Waals surface area contributed by atoms with E-state index >= 15 is 0 Å². The molecule has 0 spiro atoms. The summed E-state index contributed by atoms with van der Waals surface area (Å²) in [5, 5.41) is 9.12. The predicted octanol–water partition coefficient (Wildman–Crippen LogP) is 0.773. The van der Waals surface area contributed by atoms with Gasteiger partial charge in [0.2, 0.25) is 15.0 Å². The number of hydrogen-bond acceptors (Lipinski definition) is 6. The summed E-state index contributed by atoms with van der Waals surface area (Å²) < 4.78 is 31.9. The van der Waals surface area contributed by atoms with E-state index in [0.29, 0.717) is 38.6 Å². The van der Waals surface area contributed by atoms with Gasteiger partial charge in [0.15, 0.2) is 0 Å². The predicted molar refractivity (Wildman–Crippen MR) is 89.0 cm³/mol. The van der Waals surface area contributed by atoms with Gasteiger partial charge in [0.05, 0.1) is 30.9 Å². The maximum atomic E-state index is 12.6. The maximum Gasteiger partial charge on any atom is 0.227 e. The number of rotatable bonds is 11. The minimum absolute atomic E-state index is 0.0578. The Morgan fingerprint density at radius 1 is 1.43 bits per heavy atom. The minimum atomic E-state index is -3.42. The van der Waals surface area contributed by atoms with E-state index in [1.54, 1.807) is 17.9 Å². The van der Waals surface area contributed by atoms with Gasteiger partial charge in [-0.2, -0.15) is 0 Å². The molecule has 0 aromatic carbocycles. The highest BCUT2D eigenvalue weighted by atomic mass is 32.2. The second-order valence-corrected chi connectivity index (χ2v) is 8.14. The summed E-state index contributed by atoms with van der Waals surface area (Å²) in [6.07, 6.45) is 2.21. The molecule has 0 aliphatic rings. The SMILES string of the molecule is COCCn1c(CN(C)CCO)cnc1S(=O)(=O)CCC(C)C. The van der Waals surface area contributed by atoms with E-state index in [4.69, 9.17) is 9.84 Å². The molecule has 0 unspecified atom stereocenters. The molecule has 1 rings (SSSR count). The highest BCUT2D eigenvalue weighted by molar-refractivity contribution is 7.91. The zero-order valence-corrected chi connectivity index (χ0v) is 15.3. The molecule has 1 N–H and O–H groups in total. The van der Waals surface area contributed by atoms with E-state index in [-0.39, 0.29) is 17.5 Å². The van der Waals surface area contributed by atoms with Gasteiger partial charge in [-0.3, -0.25) is 4.90 Å². The first-order valence-electron chi connectivity index (χ1n) is 7.87. The van der Waals surface area contributed by atoms with Crippen LogP contribution in [0.3, 0.4) is 0 Å². The second-order valence-electron chi connectivity index (χ2n) is 6.14. The summed E-state index contributed by atoms with van der Waals surface area (Å²) >= 11 is 0. The summed E-state index contributed by atoms with van der Waals surface area (Å²) in [6, 6.07) is 0. The maximum absolute atomic E-state index is 12.6. The van der Waals surface area contributed by atoms with Crippen molar-refractivity contribution >= 4 is 9.84 Å². The van der Waals surface area contributed by atoms with Gasteiger partial charge in [-0.15, -0.1) is 0 Å². The van der Waals surface area contributed by atoms with Crippen molar-refractivity contribution in [1.29, 1.82) is 0 Å². The quantitative estimate of drug-likeness (QED) is 0.637. The zero-order chi connectivity index (χ0) is 17.5. The van der Waals surface area contributed by atoms with Crippen LogP contribution >= 0.6 is 0 Å². The molecule has 7 nitrogen and oxygen atoms in total. The summed E-state index contributed by atoms with van der Waals surface area (Å²) in [4.78, 5) is 6.08. The standard InChI is InChI=1S/C15H29N3O4S/c1-13(2)5-10-23(20,21)15-16-11-14(12-17(3)6-8-19)18(15)7-9-22-4/h11,13,19H,5-10,12H2,1-4H3. The van der Waals surface area contributed by atoms with Crippen LogP contribution in [0.25, 0.3) is 0 Å². The third-order valence-electron chi connectivity index (χ3n) is 3.58. The van der Waals surface area contributed by atoms with Crippen LogP contribution in [0.5, 0.6) is 0 Å². The van der Waals surface area contributed by atoms with Crippen molar-refractivity contribution in [2.24, 2.45) is 5.92 Å². The largest absolute Gasteiger partial charge is 0.395 e. The molecule has 0 fully saturated rings. The van der Waals surface area contributed by atoms with Gasteiger partial charge in [0, 0.05) is 26.7 Å². The molecule has 23 heavy (non-hydrogen) atoms. The molecule has 1 aromatic rings. The number of ether oxygens (including phenoxy) is 1. The van der Waals surface area contributed by atoms with Crippen LogP contribution in [0.4, 0.5) is 0 Å². The van der Waals surface area contributed by atoms with E-state index in [0.717, 1.165) is 5.69 Å². The van der Waals surface area contributed by atoms with Crippen molar-refractivity contribution < 1.29 is 18.3 Å². The van der Waals surface area contributed by atoms with Gasteiger partial charge in [-0.25, -0.2) is 13.4 Å². The summed E-state index contributed by atoms with van der Waals surface area (Å²) in [5.74, 6) is 0.419. The molecule has 1 aromatic heterocycles. The molecule has 0 aliphatic carbocycles. The number of imidazole rings is 1. The molecule has 0 saturated heterocycles. The molecular weight excluding hydrogens is 318 g/mol. The number of nitrogens with zero attached hydrogens (tertiary/aromatic N) is 3. The van der Waals surface area contributed by atoms with Crippen molar-refractivity contribution in [2.75, 3.05) is 39.7 Å². The molecule has 0 amide bonds. The fourth-order valence-electron chi connectivity index (χ4n) is 2.20. The van der Waals surface area contributed by atoms with E-state index in [9.17, 15) is 8.42 Å². The van der Waals surface area contributed by atoms with Crippen LogP contribution in [-0.2, 0) is 27.7 Å². The van der Waals surface area contributed by atoms with E-state index in [2.05, 4.69) is 4.98 Å². The first-order chi connectivity index (χ1) is 10.8. The lowest BCUT2D eigenvalue weighted by molar-refractivity contribution is 0.180. The van der Waals surface area contributed by atoms with Crippen LogP contribution in [0.15, 0.2) is 11.4 Å². The number of aromatic nitrogens is 2. The lowest BCUT2D eigenvalue weighted by Crippen LogP contribution is -2.25. The zero-order valence-electron chi connectivity index (χ0n) is 14.5. The fourth-order valence-corrected chi connectivity index (χ4v) is 3.92. The van der Waals surface area contributed by atoms with Crippen LogP contribution < -0.4 is 0 Å². The van der Waals surface area contributed by atoms with Gasteiger partial charge in [0.1, 0.15) is 0 Å². The lowest BCUT2D eigenvalue weighted by atomic mass is 10.2. The van der Waals surface area contributed by atoms with Crippen LogP contribution in [-0.4, -0.2) is 67.6 Å². The Hall–Kier alpha value is -0.960. The molecule has 0 saturated carbocycles. The number of sulfone groups is 1. The number of aliphatic hydroxyl groups is 1. The lowest BCUT2D eigenvalue weighted by Gasteiger charge is -2.17. The van der Waals surface area contributed by atoms with Crippen molar-refractivity contribution in [1.82, 2.24) is 14.5 Å². The fraction of sp³-hybridized carbons (Fsp3) is 0.800. The van der Waals surface area contributed by atoms with Crippen molar-refractivity contribution in [3.8, 4) is 0 Å². The average Bonchev–Trinajstić information content (AvgIpc) is 2.87. The van der Waals surface area contributed by atoms with Crippen molar-refractivity contribution in [2.45, 2.75) is 38.5 Å². The topological polar surface area (TPSA) is 84.7 Å². The summed E-state index contributed by atoms with van der Waals surface area (Å²) in [6.45, 7) is 5.96. The molecule has 0 atom stereocenters.